The van der Waals surface area contributed by atoms with E-state index < -0.39 is 10.0 Å². The monoisotopic (exact) mass is 286 g/mol. The van der Waals surface area contributed by atoms with E-state index in [2.05, 4.69) is 53.7 Å². The molecule has 0 saturated heterocycles. The molecule has 0 aromatic heterocycles. The van der Waals surface area contributed by atoms with Crippen LogP contribution in [0.2, 0.25) is 0 Å². The molecule has 0 bridgehead atoms. The van der Waals surface area contributed by atoms with E-state index in [9.17, 15) is 4.21 Å². The molecule has 0 aliphatic heterocycles. The maximum absolute atomic E-state index is 11.9. The summed E-state index contributed by atoms with van der Waals surface area (Å²) in [7, 11) is 4.46. The number of hydrogen-bond acceptors (Lipinski definition) is 1. The first-order chi connectivity index (χ1) is 8.25. The second kappa shape index (κ2) is 6.21. The van der Waals surface area contributed by atoms with Crippen LogP contribution in [0.5, 0.6) is 0 Å². The molecule has 0 aliphatic carbocycles. The first-order valence-electron chi connectivity index (χ1n) is 6.51. The number of benzene rings is 1. The van der Waals surface area contributed by atoms with Gasteiger partial charge >= 0.3 is 0 Å². The highest BCUT2D eigenvalue weighted by Crippen LogP contribution is 2.34. The second-order valence-electron chi connectivity index (χ2n) is 5.72. The Morgan fingerprint density at radius 1 is 0.889 bits per heavy atom. The molecule has 0 aliphatic rings. The van der Waals surface area contributed by atoms with Crippen LogP contribution >= 0.6 is 10.7 Å². The highest BCUT2D eigenvalue weighted by Gasteiger charge is 2.20. The van der Waals surface area contributed by atoms with Crippen molar-refractivity contribution >= 4 is 20.7 Å². The lowest BCUT2D eigenvalue weighted by Crippen LogP contribution is -2.05. The molecule has 102 valence electrons. The fourth-order valence-electron chi connectivity index (χ4n) is 2.07. The van der Waals surface area contributed by atoms with E-state index in [1.807, 2.05) is 0 Å². The van der Waals surface area contributed by atoms with Crippen molar-refractivity contribution in [3.8, 4) is 0 Å². The summed E-state index contributed by atoms with van der Waals surface area (Å²) in [5.41, 5.74) is 3.55. The van der Waals surface area contributed by atoms with Crippen LogP contribution in [0.25, 0.3) is 0 Å². The summed E-state index contributed by atoms with van der Waals surface area (Å²) < 4.78 is 11.9. The van der Waals surface area contributed by atoms with Crippen LogP contribution in [0.1, 0.15) is 76.0 Å². The van der Waals surface area contributed by atoms with Crippen molar-refractivity contribution in [3.63, 3.8) is 0 Å². The molecular formula is C15H23ClOS. The van der Waals surface area contributed by atoms with Crippen LogP contribution in [0.4, 0.5) is 0 Å². The van der Waals surface area contributed by atoms with Crippen molar-refractivity contribution in [1.82, 2.24) is 0 Å². The predicted molar refractivity (Wildman–Crippen MR) is 81.0 cm³/mol. The maximum atomic E-state index is 11.9. The lowest BCUT2D eigenvalue weighted by atomic mass is 9.89. The lowest BCUT2D eigenvalue weighted by Gasteiger charge is -2.20. The number of hydrogen-bond donors (Lipinski definition) is 0. The van der Waals surface area contributed by atoms with Gasteiger partial charge in [-0.15, -0.1) is 0 Å². The van der Waals surface area contributed by atoms with Gasteiger partial charge in [0.05, 0.1) is 4.90 Å². The topological polar surface area (TPSA) is 17.1 Å². The first kappa shape index (κ1) is 15.7. The van der Waals surface area contributed by atoms with E-state index in [1.165, 1.54) is 5.56 Å². The Bertz CT molecular complexity index is 421. The Morgan fingerprint density at radius 2 is 1.28 bits per heavy atom. The average Bonchev–Trinajstić information content (AvgIpc) is 2.26. The molecule has 1 aromatic carbocycles. The standard InChI is InChI=1S/C15H23ClOS/c1-9(2)12-7-13(10(3)4)15(18(16)17)14(8-12)11(5)6/h7-11H,1-6H3. The van der Waals surface area contributed by atoms with Crippen molar-refractivity contribution in [2.24, 2.45) is 0 Å². The zero-order valence-electron chi connectivity index (χ0n) is 12.1. The minimum Gasteiger partial charge on any atom is -0.237 e. The van der Waals surface area contributed by atoms with Gasteiger partial charge in [-0.3, -0.25) is 0 Å². The molecule has 1 rings (SSSR count). The molecule has 1 nitrogen and oxygen atoms in total. The quantitative estimate of drug-likeness (QED) is 0.685. The van der Waals surface area contributed by atoms with Crippen LogP contribution < -0.4 is 0 Å². The smallest absolute Gasteiger partial charge is 0.148 e. The summed E-state index contributed by atoms with van der Waals surface area (Å²) in [4.78, 5) is 0.825. The maximum Gasteiger partial charge on any atom is 0.148 e. The van der Waals surface area contributed by atoms with Gasteiger partial charge in [0.2, 0.25) is 0 Å². The van der Waals surface area contributed by atoms with E-state index in [-0.39, 0.29) is 0 Å². The van der Waals surface area contributed by atoms with Crippen molar-refractivity contribution in [2.45, 2.75) is 64.2 Å². The molecular weight excluding hydrogens is 264 g/mol. The van der Waals surface area contributed by atoms with E-state index in [1.54, 1.807) is 0 Å². The molecule has 0 amide bonds. The van der Waals surface area contributed by atoms with Gasteiger partial charge in [0.25, 0.3) is 0 Å². The molecule has 0 heterocycles. The number of rotatable bonds is 4. The molecule has 1 aromatic rings. The van der Waals surface area contributed by atoms with Gasteiger partial charge in [-0.1, -0.05) is 53.7 Å². The van der Waals surface area contributed by atoms with Gasteiger partial charge in [-0.2, -0.15) is 0 Å². The SMILES string of the molecule is CC(C)c1cc(C(C)C)c(S(=O)Cl)c(C(C)C)c1. The lowest BCUT2D eigenvalue weighted by molar-refractivity contribution is 0.684. The van der Waals surface area contributed by atoms with Gasteiger partial charge in [-0.05, 0) is 45.1 Å². The third kappa shape index (κ3) is 3.36. The van der Waals surface area contributed by atoms with Crippen LogP contribution in [-0.2, 0) is 10.0 Å². The molecule has 18 heavy (non-hydrogen) atoms. The summed E-state index contributed by atoms with van der Waals surface area (Å²) in [6.07, 6.45) is 0. The minimum atomic E-state index is -1.44. The second-order valence-corrected chi connectivity index (χ2v) is 7.41. The fourth-order valence-corrected chi connectivity index (χ4v) is 3.57. The van der Waals surface area contributed by atoms with Gasteiger partial charge in [0.1, 0.15) is 10.0 Å². The van der Waals surface area contributed by atoms with E-state index >= 15 is 0 Å². The fraction of sp³-hybridized carbons (Fsp3) is 0.600. The Labute approximate surface area is 118 Å². The summed E-state index contributed by atoms with van der Waals surface area (Å²) in [6, 6.07) is 4.33. The molecule has 1 unspecified atom stereocenters. The van der Waals surface area contributed by atoms with Crippen LogP contribution in [0.15, 0.2) is 17.0 Å². The molecule has 1 atom stereocenters. The van der Waals surface area contributed by atoms with Gasteiger partial charge < -0.3 is 0 Å². The molecule has 0 saturated carbocycles. The third-order valence-corrected chi connectivity index (χ3v) is 4.50. The van der Waals surface area contributed by atoms with Crippen LogP contribution in [0, 0.1) is 0 Å². The first-order valence-corrected chi connectivity index (χ1v) is 8.49. The van der Waals surface area contributed by atoms with Gasteiger partial charge in [-0.25, -0.2) is 4.21 Å². The van der Waals surface area contributed by atoms with E-state index in [0.717, 1.165) is 16.0 Å². The van der Waals surface area contributed by atoms with Crippen molar-refractivity contribution in [2.75, 3.05) is 0 Å². The summed E-state index contributed by atoms with van der Waals surface area (Å²) in [5, 5.41) is 0. The van der Waals surface area contributed by atoms with Crippen LogP contribution in [-0.4, -0.2) is 4.21 Å². The Balaban J connectivity index is 3.60. The van der Waals surface area contributed by atoms with Crippen LogP contribution in [0.3, 0.4) is 0 Å². The van der Waals surface area contributed by atoms with E-state index in [4.69, 9.17) is 10.7 Å². The van der Waals surface area contributed by atoms with Crippen molar-refractivity contribution in [3.05, 3.63) is 28.8 Å². The molecule has 0 N–H and O–H groups in total. The third-order valence-electron chi connectivity index (χ3n) is 3.24. The average molecular weight is 287 g/mol. The zero-order valence-corrected chi connectivity index (χ0v) is 13.7. The van der Waals surface area contributed by atoms with E-state index in [0.29, 0.717) is 17.8 Å². The molecule has 3 heteroatoms. The Hall–Kier alpha value is -0.340. The summed E-state index contributed by atoms with van der Waals surface area (Å²) in [6.45, 7) is 12.9. The molecule has 0 spiro atoms. The molecule has 0 radical (unpaired) electrons. The van der Waals surface area contributed by atoms with Gasteiger partial charge in [0, 0.05) is 0 Å². The minimum absolute atomic E-state index is 0.332. The number of halogens is 1. The van der Waals surface area contributed by atoms with Crippen molar-refractivity contribution < 1.29 is 4.21 Å². The highest BCUT2D eigenvalue weighted by atomic mass is 35.7. The Kier molecular flexibility index (Phi) is 5.42. The Morgan fingerprint density at radius 3 is 1.50 bits per heavy atom. The molecule has 0 fully saturated rings. The highest BCUT2D eigenvalue weighted by molar-refractivity contribution is 8.08. The summed E-state index contributed by atoms with van der Waals surface area (Å²) in [5.74, 6) is 1.13. The van der Waals surface area contributed by atoms with Gasteiger partial charge in [0.15, 0.2) is 0 Å². The normalized spacial score (nSPS) is 13.7. The largest absolute Gasteiger partial charge is 0.237 e. The summed E-state index contributed by atoms with van der Waals surface area (Å²) >= 11 is 0. The zero-order chi connectivity index (χ0) is 14.0. The predicted octanol–water partition coefficient (Wildman–Crippen LogP) is 5.32. The van der Waals surface area contributed by atoms with Crippen molar-refractivity contribution in [1.29, 1.82) is 0 Å².